The largest absolute Gasteiger partial charge is 0.339 e. The number of H-pyrrole nitrogens is 1. The van der Waals surface area contributed by atoms with E-state index in [1.807, 2.05) is 68.5 Å². The molecule has 6 nitrogen and oxygen atoms in total. The normalized spacial score (nSPS) is 12.0. The number of hydrogen-bond acceptors (Lipinski definition) is 5. The molecule has 0 atom stereocenters. The lowest BCUT2D eigenvalue weighted by Crippen LogP contribution is -2.16. The van der Waals surface area contributed by atoms with Gasteiger partial charge in [-0.1, -0.05) is 67.8 Å². The Kier molecular flexibility index (Phi) is 8.80. The molecule has 0 radical (unpaired) electrons. The van der Waals surface area contributed by atoms with Crippen LogP contribution in [-0.2, 0) is 6.54 Å². The van der Waals surface area contributed by atoms with Crippen molar-refractivity contribution in [1.29, 1.82) is 0 Å². The van der Waals surface area contributed by atoms with Gasteiger partial charge in [-0.2, -0.15) is 5.10 Å². The van der Waals surface area contributed by atoms with E-state index in [0.717, 1.165) is 45.6 Å². The van der Waals surface area contributed by atoms with E-state index < -0.39 is 0 Å². The van der Waals surface area contributed by atoms with Crippen molar-refractivity contribution in [2.75, 3.05) is 11.9 Å². The smallest absolute Gasteiger partial charge is 0.134 e. The van der Waals surface area contributed by atoms with Crippen LogP contribution in [0.15, 0.2) is 116 Å². The summed E-state index contributed by atoms with van der Waals surface area (Å²) >= 11 is 0. The summed E-state index contributed by atoms with van der Waals surface area (Å²) in [5.41, 5.74) is 9.23. The summed E-state index contributed by atoms with van der Waals surface area (Å²) in [6.45, 7) is 13.6. The van der Waals surface area contributed by atoms with Crippen LogP contribution in [0, 0.1) is 12.7 Å². The fraction of sp³-hybridized carbons (Fsp3) is 0.114. The highest BCUT2D eigenvalue weighted by atomic mass is 19.1. The molecule has 0 fully saturated rings. The van der Waals surface area contributed by atoms with Crippen LogP contribution in [0.25, 0.3) is 33.4 Å². The third kappa shape index (κ3) is 6.43. The van der Waals surface area contributed by atoms with Gasteiger partial charge in [0.2, 0.25) is 0 Å². The Morgan fingerprint density at radius 3 is 2.64 bits per heavy atom. The van der Waals surface area contributed by atoms with Crippen molar-refractivity contribution in [2.45, 2.75) is 20.4 Å². The van der Waals surface area contributed by atoms with E-state index in [1.54, 1.807) is 12.3 Å². The van der Waals surface area contributed by atoms with Crippen LogP contribution in [0.3, 0.4) is 0 Å². The molecular weight excluding hydrogens is 523 g/mol. The number of benzene rings is 2. The van der Waals surface area contributed by atoms with Crippen molar-refractivity contribution in [1.82, 2.24) is 25.5 Å². The SMILES string of the molecule is C=C/C(=C\C(=C/C)c1ccc2[nH]nc(C(=C)Nc3nccc(-c4cccc(F)c4)c3C)c2n1)CNCc1ccccc1. The second-order valence-electron chi connectivity index (χ2n) is 9.87. The number of rotatable bonds is 11. The summed E-state index contributed by atoms with van der Waals surface area (Å²) in [5.74, 6) is 0.330. The average molecular weight is 557 g/mol. The lowest BCUT2D eigenvalue weighted by atomic mass is 10.0. The third-order valence-corrected chi connectivity index (χ3v) is 7.01. The van der Waals surface area contributed by atoms with Crippen molar-refractivity contribution in [3.05, 3.63) is 144 Å². The number of pyridine rings is 2. The molecule has 0 bridgehead atoms. The number of nitrogens with zero attached hydrogens (tertiary/aromatic N) is 3. The lowest BCUT2D eigenvalue weighted by molar-refractivity contribution is 0.628. The third-order valence-electron chi connectivity index (χ3n) is 7.01. The molecule has 0 saturated heterocycles. The highest BCUT2D eigenvalue weighted by molar-refractivity contribution is 5.91. The standard InChI is InChI=1S/C35H33FN6/c1-5-25(21-37-22-26-11-8-7-9-12-26)19-27(6-2)31-15-16-32-34(40-31)33(42-41-32)24(4)39-35-23(3)30(17-18-38-35)28-13-10-14-29(36)20-28/h5-20,37H,1,4,21-22H2,2-3H3,(H,38,39)(H,41,42)/b25-19+,27-6+. The van der Waals surface area contributed by atoms with E-state index in [2.05, 4.69) is 57.2 Å². The quantitative estimate of drug-likeness (QED) is 0.144. The summed E-state index contributed by atoms with van der Waals surface area (Å²) in [4.78, 5) is 9.46. The molecule has 0 amide bonds. The first-order valence-electron chi connectivity index (χ1n) is 13.7. The number of allylic oxidation sites excluding steroid dienone is 3. The van der Waals surface area contributed by atoms with Crippen LogP contribution < -0.4 is 10.6 Å². The molecule has 0 saturated carbocycles. The number of nitrogens with one attached hydrogen (secondary N) is 3. The maximum atomic E-state index is 13.9. The van der Waals surface area contributed by atoms with Crippen molar-refractivity contribution in [3.63, 3.8) is 0 Å². The fourth-order valence-corrected chi connectivity index (χ4v) is 4.74. The maximum absolute atomic E-state index is 13.9. The lowest BCUT2D eigenvalue weighted by Gasteiger charge is -2.13. The minimum Gasteiger partial charge on any atom is -0.339 e. The molecule has 3 heterocycles. The van der Waals surface area contributed by atoms with Crippen LogP contribution in [-0.4, -0.2) is 26.7 Å². The van der Waals surface area contributed by atoms with E-state index in [9.17, 15) is 4.39 Å². The van der Waals surface area contributed by atoms with E-state index in [4.69, 9.17) is 4.98 Å². The van der Waals surface area contributed by atoms with Crippen LogP contribution in [0.5, 0.6) is 0 Å². The summed E-state index contributed by atoms with van der Waals surface area (Å²) in [6.07, 6.45) is 7.69. The summed E-state index contributed by atoms with van der Waals surface area (Å²) < 4.78 is 13.9. The Labute approximate surface area is 245 Å². The van der Waals surface area contributed by atoms with Crippen LogP contribution >= 0.6 is 0 Å². The van der Waals surface area contributed by atoms with Crippen LogP contribution in [0.1, 0.15) is 29.4 Å². The van der Waals surface area contributed by atoms with Crippen LogP contribution in [0.2, 0.25) is 0 Å². The Bertz CT molecular complexity index is 1800. The molecular formula is C35H33FN6. The Balaban J connectivity index is 1.36. The van der Waals surface area contributed by atoms with Gasteiger partial charge < -0.3 is 10.6 Å². The molecule has 3 N–H and O–H groups in total. The molecule has 0 unspecified atom stereocenters. The molecule has 3 aromatic heterocycles. The summed E-state index contributed by atoms with van der Waals surface area (Å²) in [6, 6.07) is 22.6. The van der Waals surface area contributed by atoms with Crippen LogP contribution in [0.4, 0.5) is 10.2 Å². The minimum atomic E-state index is -0.286. The van der Waals surface area contributed by atoms with Crippen molar-refractivity contribution < 1.29 is 4.39 Å². The van der Waals surface area contributed by atoms with Gasteiger partial charge in [0.15, 0.2) is 0 Å². The maximum Gasteiger partial charge on any atom is 0.134 e. The Morgan fingerprint density at radius 1 is 1.05 bits per heavy atom. The van der Waals surface area contributed by atoms with Gasteiger partial charge >= 0.3 is 0 Å². The predicted octanol–water partition coefficient (Wildman–Crippen LogP) is 7.86. The Hall–Kier alpha value is -5.14. The first kappa shape index (κ1) is 28.4. The van der Waals surface area contributed by atoms with Crippen molar-refractivity contribution in [3.8, 4) is 11.1 Å². The first-order chi connectivity index (χ1) is 20.5. The van der Waals surface area contributed by atoms with Crippen molar-refractivity contribution >= 4 is 28.1 Å². The second-order valence-corrected chi connectivity index (χ2v) is 9.87. The number of fused-ring (bicyclic) bond motifs is 1. The highest BCUT2D eigenvalue weighted by Gasteiger charge is 2.15. The number of anilines is 1. The first-order valence-corrected chi connectivity index (χ1v) is 13.7. The van der Waals surface area contributed by atoms with Gasteiger partial charge in [0.05, 0.1) is 16.9 Å². The van der Waals surface area contributed by atoms with Gasteiger partial charge in [-0.15, -0.1) is 0 Å². The zero-order valence-corrected chi connectivity index (χ0v) is 23.8. The van der Waals surface area contributed by atoms with Gasteiger partial charge in [-0.3, -0.25) is 5.10 Å². The Morgan fingerprint density at radius 2 is 1.88 bits per heavy atom. The number of hydrogen-bond donors (Lipinski definition) is 3. The van der Waals surface area contributed by atoms with Gasteiger partial charge in [0.1, 0.15) is 22.8 Å². The minimum absolute atomic E-state index is 0.286. The molecule has 5 rings (SSSR count). The van der Waals surface area contributed by atoms with E-state index in [1.165, 1.54) is 17.7 Å². The molecule has 7 heteroatoms. The monoisotopic (exact) mass is 556 g/mol. The molecule has 5 aromatic rings. The molecule has 2 aromatic carbocycles. The zero-order chi connectivity index (χ0) is 29.5. The van der Waals surface area contributed by atoms with Crippen molar-refractivity contribution in [2.24, 2.45) is 0 Å². The highest BCUT2D eigenvalue weighted by Crippen LogP contribution is 2.30. The molecule has 0 aliphatic heterocycles. The molecule has 210 valence electrons. The van der Waals surface area contributed by atoms with Gasteiger partial charge in [-0.25, -0.2) is 14.4 Å². The predicted molar refractivity (Wildman–Crippen MR) is 171 cm³/mol. The molecule has 0 aliphatic carbocycles. The fourth-order valence-electron chi connectivity index (χ4n) is 4.74. The molecule has 0 spiro atoms. The summed E-state index contributed by atoms with van der Waals surface area (Å²) in [7, 11) is 0. The topological polar surface area (TPSA) is 78.5 Å². The van der Waals surface area contributed by atoms with Gasteiger partial charge in [-0.05, 0) is 83.7 Å². The number of aromatic amines is 1. The van der Waals surface area contributed by atoms with E-state index in [-0.39, 0.29) is 5.82 Å². The summed E-state index contributed by atoms with van der Waals surface area (Å²) in [5, 5.41) is 14.3. The molecule has 0 aliphatic rings. The van der Waals surface area contributed by atoms with Gasteiger partial charge in [0.25, 0.3) is 0 Å². The second kappa shape index (κ2) is 13.0. The number of halogens is 1. The van der Waals surface area contributed by atoms with E-state index in [0.29, 0.717) is 29.3 Å². The molecule has 42 heavy (non-hydrogen) atoms. The average Bonchev–Trinajstić information content (AvgIpc) is 3.44. The number of aromatic nitrogens is 4. The van der Waals surface area contributed by atoms with Gasteiger partial charge in [0, 0.05) is 19.3 Å². The van der Waals surface area contributed by atoms with E-state index >= 15 is 0 Å². The zero-order valence-electron chi connectivity index (χ0n) is 23.8.